The van der Waals surface area contributed by atoms with Gasteiger partial charge in [-0.15, -0.1) is 0 Å². The number of halogens is 1. The van der Waals surface area contributed by atoms with E-state index in [2.05, 4.69) is 21.1 Å². The van der Waals surface area contributed by atoms with Crippen LogP contribution in [0.25, 0.3) is 0 Å². The summed E-state index contributed by atoms with van der Waals surface area (Å²) in [6.45, 7) is 1.90. The van der Waals surface area contributed by atoms with Crippen molar-refractivity contribution in [1.29, 1.82) is 0 Å². The molecule has 4 heteroatoms. The maximum absolute atomic E-state index is 8.43. The van der Waals surface area contributed by atoms with Crippen molar-refractivity contribution in [1.82, 2.24) is 0 Å². The first kappa shape index (κ1) is 9.06. The van der Waals surface area contributed by atoms with E-state index in [1.165, 1.54) is 0 Å². The van der Waals surface area contributed by atoms with Crippen LogP contribution in [0.1, 0.15) is 11.1 Å². The molecule has 1 rings (SSSR count). The van der Waals surface area contributed by atoms with Crippen LogP contribution in [0, 0.1) is 6.92 Å². The summed E-state index contributed by atoms with van der Waals surface area (Å²) in [5, 5.41) is 11.4. The van der Waals surface area contributed by atoms with Gasteiger partial charge in [-0.05, 0) is 30.7 Å². The van der Waals surface area contributed by atoms with Crippen LogP contribution in [0.5, 0.6) is 0 Å². The van der Waals surface area contributed by atoms with Gasteiger partial charge < -0.3 is 10.9 Å². The fourth-order valence-electron chi connectivity index (χ4n) is 0.968. The van der Waals surface area contributed by atoms with Crippen molar-refractivity contribution >= 4 is 21.8 Å². The number of nitrogens with two attached hydrogens (primary N) is 1. The van der Waals surface area contributed by atoms with E-state index in [0.717, 1.165) is 15.6 Å². The molecule has 0 unspecified atom stereocenters. The van der Waals surface area contributed by atoms with Crippen LogP contribution in [0.3, 0.4) is 0 Å². The van der Waals surface area contributed by atoms with E-state index in [-0.39, 0.29) is 5.84 Å². The second-order valence-electron chi connectivity index (χ2n) is 2.44. The molecule has 1 aromatic carbocycles. The molecule has 0 atom stereocenters. The zero-order valence-corrected chi connectivity index (χ0v) is 8.17. The third-order valence-electron chi connectivity index (χ3n) is 1.57. The maximum Gasteiger partial charge on any atom is 0.170 e. The highest BCUT2D eigenvalue weighted by atomic mass is 79.9. The molecule has 0 aliphatic carbocycles. The molecule has 0 aromatic heterocycles. The van der Waals surface area contributed by atoms with Gasteiger partial charge in [0.1, 0.15) is 0 Å². The average molecular weight is 229 g/mol. The van der Waals surface area contributed by atoms with Crippen LogP contribution in [-0.4, -0.2) is 11.0 Å². The molecule has 0 radical (unpaired) electrons. The smallest absolute Gasteiger partial charge is 0.170 e. The quantitative estimate of drug-likeness (QED) is 0.334. The Morgan fingerprint density at radius 1 is 1.58 bits per heavy atom. The van der Waals surface area contributed by atoms with Crippen molar-refractivity contribution in [2.24, 2.45) is 10.9 Å². The van der Waals surface area contributed by atoms with Gasteiger partial charge in [-0.2, -0.15) is 0 Å². The lowest BCUT2D eigenvalue weighted by molar-refractivity contribution is 0.318. The van der Waals surface area contributed by atoms with Crippen molar-refractivity contribution in [3.63, 3.8) is 0 Å². The Bertz CT molecular complexity index is 323. The van der Waals surface area contributed by atoms with Crippen LogP contribution in [0.15, 0.2) is 27.8 Å². The summed E-state index contributed by atoms with van der Waals surface area (Å²) in [7, 11) is 0. The summed E-state index contributed by atoms with van der Waals surface area (Å²) >= 11 is 3.32. The Labute approximate surface area is 79.0 Å². The summed E-state index contributed by atoms with van der Waals surface area (Å²) in [6.07, 6.45) is 0. The minimum absolute atomic E-state index is 0.139. The molecule has 0 saturated heterocycles. The Kier molecular flexibility index (Phi) is 2.70. The Hall–Kier alpha value is -1.03. The van der Waals surface area contributed by atoms with Crippen molar-refractivity contribution in [3.05, 3.63) is 33.8 Å². The van der Waals surface area contributed by atoms with Crippen molar-refractivity contribution < 1.29 is 5.21 Å². The molecule has 64 valence electrons. The molecule has 0 aliphatic heterocycles. The fourth-order valence-corrected chi connectivity index (χ4v) is 1.44. The molecular weight excluding hydrogens is 220 g/mol. The Morgan fingerprint density at radius 2 is 2.25 bits per heavy atom. The minimum atomic E-state index is 0.139. The van der Waals surface area contributed by atoms with E-state index in [0.29, 0.717) is 0 Å². The number of rotatable bonds is 1. The molecule has 0 spiro atoms. The van der Waals surface area contributed by atoms with Gasteiger partial charge in [0.2, 0.25) is 0 Å². The summed E-state index contributed by atoms with van der Waals surface area (Å²) in [6, 6.07) is 5.56. The molecule has 0 bridgehead atoms. The maximum atomic E-state index is 8.43. The summed E-state index contributed by atoms with van der Waals surface area (Å²) in [5.74, 6) is 0.139. The number of nitrogens with zero attached hydrogens (tertiary/aromatic N) is 1. The number of oxime groups is 1. The molecule has 12 heavy (non-hydrogen) atoms. The van der Waals surface area contributed by atoms with E-state index in [4.69, 9.17) is 10.9 Å². The summed E-state index contributed by atoms with van der Waals surface area (Å²) in [5.41, 5.74) is 7.15. The average Bonchev–Trinajstić information content (AvgIpc) is 2.03. The fraction of sp³-hybridized carbons (Fsp3) is 0.125. The third-order valence-corrected chi connectivity index (χ3v) is 2.07. The number of hydrogen-bond donors (Lipinski definition) is 2. The van der Waals surface area contributed by atoms with Crippen molar-refractivity contribution in [2.45, 2.75) is 6.92 Å². The van der Waals surface area contributed by atoms with Gasteiger partial charge in [0, 0.05) is 10.0 Å². The van der Waals surface area contributed by atoms with Crippen LogP contribution in [0.4, 0.5) is 0 Å². The van der Waals surface area contributed by atoms with Crippen molar-refractivity contribution in [3.8, 4) is 0 Å². The van der Waals surface area contributed by atoms with Crippen LogP contribution >= 0.6 is 15.9 Å². The highest BCUT2D eigenvalue weighted by Crippen LogP contribution is 2.15. The molecule has 0 saturated carbocycles. The lowest BCUT2D eigenvalue weighted by Crippen LogP contribution is -2.14. The van der Waals surface area contributed by atoms with E-state index in [9.17, 15) is 0 Å². The van der Waals surface area contributed by atoms with Gasteiger partial charge in [-0.1, -0.05) is 21.1 Å². The first-order valence-corrected chi connectivity index (χ1v) is 4.18. The SMILES string of the molecule is Cc1cc(Br)ccc1/C(N)=N\O. The first-order valence-electron chi connectivity index (χ1n) is 3.39. The van der Waals surface area contributed by atoms with Gasteiger partial charge >= 0.3 is 0 Å². The molecule has 0 amide bonds. The second-order valence-corrected chi connectivity index (χ2v) is 3.36. The van der Waals surface area contributed by atoms with Crippen LogP contribution in [0.2, 0.25) is 0 Å². The minimum Gasteiger partial charge on any atom is -0.409 e. The molecule has 0 heterocycles. The normalized spacial score (nSPS) is 11.7. The molecule has 3 N–H and O–H groups in total. The van der Waals surface area contributed by atoms with Gasteiger partial charge in [-0.25, -0.2) is 0 Å². The molecule has 0 aliphatic rings. The first-order chi connectivity index (χ1) is 5.65. The predicted molar refractivity (Wildman–Crippen MR) is 51.4 cm³/mol. The molecular formula is C8H9BrN2O. The monoisotopic (exact) mass is 228 g/mol. The van der Waals surface area contributed by atoms with Gasteiger partial charge in [-0.3, -0.25) is 0 Å². The van der Waals surface area contributed by atoms with Gasteiger partial charge in [0.15, 0.2) is 5.84 Å². The number of amidine groups is 1. The van der Waals surface area contributed by atoms with Crippen LogP contribution < -0.4 is 5.73 Å². The molecule has 1 aromatic rings. The largest absolute Gasteiger partial charge is 0.409 e. The topological polar surface area (TPSA) is 58.6 Å². The zero-order chi connectivity index (χ0) is 9.14. The number of aryl methyl sites for hydroxylation is 1. The second kappa shape index (κ2) is 3.58. The van der Waals surface area contributed by atoms with E-state index in [1.807, 2.05) is 19.1 Å². The number of benzene rings is 1. The standard InChI is InChI=1S/C8H9BrN2O/c1-5-4-6(9)2-3-7(5)8(10)11-12/h2-4,12H,1H3,(H2,10,11). The van der Waals surface area contributed by atoms with E-state index < -0.39 is 0 Å². The predicted octanol–water partition coefficient (Wildman–Crippen LogP) is 1.85. The Balaban J connectivity index is 3.18. The van der Waals surface area contributed by atoms with Crippen LogP contribution in [-0.2, 0) is 0 Å². The van der Waals surface area contributed by atoms with Crippen molar-refractivity contribution in [2.75, 3.05) is 0 Å². The number of hydrogen-bond acceptors (Lipinski definition) is 2. The zero-order valence-electron chi connectivity index (χ0n) is 6.58. The van der Waals surface area contributed by atoms with E-state index in [1.54, 1.807) is 6.07 Å². The third kappa shape index (κ3) is 1.76. The lowest BCUT2D eigenvalue weighted by atomic mass is 10.1. The Morgan fingerprint density at radius 3 is 2.75 bits per heavy atom. The van der Waals surface area contributed by atoms with Gasteiger partial charge in [0.05, 0.1) is 0 Å². The summed E-state index contributed by atoms with van der Waals surface area (Å²) in [4.78, 5) is 0. The highest BCUT2D eigenvalue weighted by molar-refractivity contribution is 9.10. The van der Waals surface area contributed by atoms with E-state index >= 15 is 0 Å². The highest BCUT2D eigenvalue weighted by Gasteiger charge is 2.02. The molecule has 3 nitrogen and oxygen atoms in total. The van der Waals surface area contributed by atoms with Gasteiger partial charge in [0.25, 0.3) is 0 Å². The summed E-state index contributed by atoms with van der Waals surface area (Å²) < 4.78 is 0.981. The molecule has 0 fully saturated rings. The lowest BCUT2D eigenvalue weighted by Gasteiger charge is -2.02.